The lowest BCUT2D eigenvalue weighted by molar-refractivity contribution is -0.790. The highest BCUT2D eigenvalue weighted by Crippen LogP contribution is 2.27. The van der Waals surface area contributed by atoms with E-state index in [0.29, 0.717) is 48.4 Å². The fourth-order valence-electron chi connectivity index (χ4n) is 2.39. The Morgan fingerprint density at radius 3 is 1.86 bits per heavy atom. The Morgan fingerprint density at radius 2 is 1.50 bits per heavy atom. The van der Waals surface area contributed by atoms with Crippen LogP contribution >= 0.6 is 0 Å². The van der Waals surface area contributed by atoms with Crippen molar-refractivity contribution in [3.05, 3.63) is 6.07 Å². The molecule has 0 atom stereocenters. The van der Waals surface area contributed by atoms with E-state index < -0.39 is 10.2 Å². The molecule has 2 rings (SSSR count). The van der Waals surface area contributed by atoms with Crippen LogP contribution in [0.4, 0.5) is 5.95 Å². The van der Waals surface area contributed by atoms with Crippen LogP contribution in [0, 0.1) is 0 Å². The van der Waals surface area contributed by atoms with Gasteiger partial charge in [0.15, 0.2) is 0 Å². The van der Waals surface area contributed by atoms with Crippen molar-refractivity contribution in [1.29, 1.82) is 0 Å². The van der Waals surface area contributed by atoms with Crippen molar-refractivity contribution in [3.63, 3.8) is 0 Å². The molecule has 0 saturated carbocycles. The van der Waals surface area contributed by atoms with Crippen LogP contribution in [0.3, 0.4) is 0 Å². The van der Waals surface area contributed by atoms with Crippen molar-refractivity contribution in [1.82, 2.24) is 14.5 Å². The minimum atomic E-state index is -3.65. The fraction of sp³-hybridized carbons (Fsp3) is 0.667. The van der Waals surface area contributed by atoms with Crippen molar-refractivity contribution in [3.8, 4) is 11.8 Å². The van der Waals surface area contributed by atoms with E-state index in [0.717, 1.165) is 0 Å². The third kappa shape index (κ3) is 3.00. The average Bonchev–Trinajstić information content (AvgIpc) is 2.48. The monoisotopic (exact) mass is 333 g/mol. The van der Waals surface area contributed by atoms with E-state index in [4.69, 9.17) is 14.6 Å². The highest BCUT2D eigenvalue weighted by molar-refractivity contribution is 7.83. The first kappa shape index (κ1) is 16.9. The van der Waals surface area contributed by atoms with E-state index in [1.165, 1.54) is 14.2 Å². The van der Waals surface area contributed by atoms with Crippen molar-refractivity contribution < 1.29 is 21.8 Å². The summed E-state index contributed by atoms with van der Waals surface area (Å²) in [6.45, 7) is 1.86. The normalized spacial score (nSPS) is 29.1. The smallest absolute Gasteiger partial charge is 0.367 e. The first-order valence-corrected chi connectivity index (χ1v) is 8.33. The number of aromatic nitrogens is 2. The SMILES string of the molecule is COc1cc(OC)nc([N+]2(C)CC[N+](C)(S(N)(=O)=O)CC2)n1. The molecule has 1 aromatic heterocycles. The van der Waals surface area contributed by atoms with Crippen LogP contribution in [0.25, 0.3) is 0 Å². The maximum atomic E-state index is 11.7. The molecule has 0 aromatic carbocycles. The summed E-state index contributed by atoms with van der Waals surface area (Å²) in [4.78, 5) is 8.75. The minimum Gasteiger partial charge on any atom is -0.481 e. The second-order valence-electron chi connectivity index (χ2n) is 5.85. The molecule has 0 unspecified atom stereocenters. The van der Waals surface area contributed by atoms with Gasteiger partial charge in [0.25, 0.3) is 0 Å². The number of likely N-dealkylation sites (N-methyl/N-ethyl adjacent to an activating group) is 2. The van der Waals surface area contributed by atoms with E-state index in [2.05, 4.69) is 9.97 Å². The molecule has 1 aromatic rings. The summed E-state index contributed by atoms with van der Waals surface area (Å²) in [5.74, 6) is 1.36. The number of nitrogens with two attached hydrogens (primary N) is 1. The third-order valence-electron chi connectivity index (χ3n) is 4.32. The summed E-state index contributed by atoms with van der Waals surface area (Å²) < 4.78 is 34.0. The second-order valence-corrected chi connectivity index (χ2v) is 7.77. The Kier molecular flexibility index (Phi) is 4.30. The quantitative estimate of drug-likeness (QED) is 0.716. The number of piperazine rings is 1. The molecule has 10 heteroatoms. The molecule has 2 N–H and O–H groups in total. The summed E-state index contributed by atoms with van der Waals surface area (Å²) in [6.07, 6.45) is 0. The van der Waals surface area contributed by atoms with Crippen LogP contribution < -0.4 is 19.1 Å². The number of methoxy groups -OCH3 is 2. The van der Waals surface area contributed by atoms with Gasteiger partial charge in [0.2, 0.25) is 11.8 Å². The van der Waals surface area contributed by atoms with Gasteiger partial charge in [-0.05, 0) is 0 Å². The fourth-order valence-corrected chi connectivity index (χ4v) is 3.06. The molecule has 1 aliphatic rings. The minimum absolute atomic E-state index is 0.179. The predicted molar refractivity (Wildman–Crippen MR) is 81.6 cm³/mol. The lowest BCUT2D eigenvalue weighted by atomic mass is 10.3. The zero-order valence-electron chi connectivity index (χ0n) is 13.3. The standard InChI is InChI=1S/C12H23N5O4S/c1-16(5-7-17(2,8-6-16)22(13,18)19)12-14-10(20-3)9-11(15-12)21-4/h9H,5-8H2,1-4H3,(H2,13,18,19)/q+2. The van der Waals surface area contributed by atoms with Gasteiger partial charge in [0, 0.05) is 0 Å². The summed E-state index contributed by atoms with van der Waals surface area (Å²) in [5.41, 5.74) is 0. The van der Waals surface area contributed by atoms with Gasteiger partial charge >= 0.3 is 16.2 Å². The molecule has 1 saturated heterocycles. The largest absolute Gasteiger partial charge is 0.481 e. The topological polar surface area (TPSA) is 104 Å². The highest BCUT2D eigenvalue weighted by atomic mass is 32.2. The summed E-state index contributed by atoms with van der Waals surface area (Å²) in [6, 6.07) is 1.60. The van der Waals surface area contributed by atoms with Gasteiger partial charge in [0.05, 0.1) is 34.4 Å². The van der Waals surface area contributed by atoms with Crippen molar-refractivity contribution in [2.75, 3.05) is 54.5 Å². The predicted octanol–water partition coefficient (Wildman–Crippen LogP) is -0.905. The first-order chi connectivity index (χ1) is 10.1. The number of hydrogen-bond donors (Lipinski definition) is 1. The summed E-state index contributed by atoms with van der Waals surface area (Å²) >= 11 is 0. The molecule has 1 aliphatic heterocycles. The van der Waals surface area contributed by atoms with E-state index >= 15 is 0 Å². The van der Waals surface area contributed by atoms with E-state index in [-0.39, 0.29) is 3.89 Å². The lowest BCUT2D eigenvalue weighted by Gasteiger charge is -2.42. The van der Waals surface area contributed by atoms with Crippen LogP contribution in [0.15, 0.2) is 6.07 Å². The molecule has 0 amide bonds. The average molecular weight is 333 g/mol. The molecular formula is C12H23N5O4S+2. The number of rotatable bonds is 4. The zero-order chi connectivity index (χ0) is 16.6. The van der Waals surface area contributed by atoms with E-state index in [1.54, 1.807) is 13.1 Å². The first-order valence-electron chi connectivity index (χ1n) is 6.83. The number of nitrogens with zero attached hydrogens (tertiary/aromatic N) is 4. The Morgan fingerprint density at radius 1 is 1.05 bits per heavy atom. The number of hydrogen-bond acceptors (Lipinski definition) is 6. The molecule has 1 fully saturated rings. The summed E-state index contributed by atoms with van der Waals surface area (Å²) in [5, 5.41) is 5.33. The van der Waals surface area contributed by atoms with E-state index in [1.807, 2.05) is 7.05 Å². The second kappa shape index (κ2) is 5.61. The van der Waals surface area contributed by atoms with Gasteiger partial charge in [-0.1, -0.05) is 0 Å². The van der Waals surface area contributed by atoms with Crippen molar-refractivity contribution in [2.45, 2.75) is 0 Å². The molecule has 0 bridgehead atoms. The van der Waals surface area contributed by atoms with Gasteiger partial charge < -0.3 is 9.47 Å². The molecule has 0 radical (unpaired) electrons. The molecule has 22 heavy (non-hydrogen) atoms. The molecule has 124 valence electrons. The van der Waals surface area contributed by atoms with Gasteiger partial charge in [-0.3, -0.25) is 4.48 Å². The number of quaternary nitrogens is 2. The molecular weight excluding hydrogens is 310 g/mol. The summed E-state index contributed by atoms with van der Waals surface area (Å²) in [7, 11) is 2.99. The Labute approximate surface area is 130 Å². The van der Waals surface area contributed by atoms with Gasteiger partial charge in [-0.2, -0.15) is 17.4 Å². The van der Waals surface area contributed by atoms with Crippen LogP contribution in [-0.2, 0) is 10.2 Å². The van der Waals surface area contributed by atoms with Crippen molar-refractivity contribution in [2.24, 2.45) is 5.14 Å². The molecule has 0 spiro atoms. The molecule has 2 heterocycles. The zero-order valence-corrected chi connectivity index (χ0v) is 14.1. The Hall–Kier alpha value is -1.49. The maximum absolute atomic E-state index is 11.7. The maximum Gasteiger partial charge on any atom is 0.367 e. The van der Waals surface area contributed by atoms with Crippen molar-refractivity contribution >= 4 is 16.2 Å². The van der Waals surface area contributed by atoms with Gasteiger partial charge in [0.1, 0.15) is 26.2 Å². The van der Waals surface area contributed by atoms with Gasteiger partial charge in [-0.25, -0.2) is 0 Å². The van der Waals surface area contributed by atoms with E-state index in [9.17, 15) is 8.42 Å². The van der Waals surface area contributed by atoms with Crippen LogP contribution in [0.2, 0.25) is 0 Å². The van der Waals surface area contributed by atoms with Gasteiger partial charge in [-0.15, -0.1) is 9.97 Å². The Bertz CT molecular complexity index is 633. The Balaban J connectivity index is 2.31. The van der Waals surface area contributed by atoms with Crippen LogP contribution in [0.5, 0.6) is 11.8 Å². The van der Waals surface area contributed by atoms with Crippen LogP contribution in [-0.4, -0.2) is 76.8 Å². The molecule has 9 nitrogen and oxygen atoms in total. The number of ether oxygens (including phenoxy) is 2. The van der Waals surface area contributed by atoms with Crippen LogP contribution in [0.1, 0.15) is 0 Å². The highest BCUT2D eigenvalue weighted by Gasteiger charge is 2.46. The lowest BCUT2D eigenvalue weighted by Crippen LogP contribution is -2.68. The third-order valence-corrected chi connectivity index (χ3v) is 5.91. The molecule has 0 aliphatic carbocycles.